The van der Waals surface area contributed by atoms with Gasteiger partial charge in [0.1, 0.15) is 0 Å². The number of piperidine rings is 1. The number of aliphatic carboxylic acids is 2. The van der Waals surface area contributed by atoms with Crippen molar-refractivity contribution in [2.45, 2.75) is 57.0 Å². The standard InChI is InChI=1S/C16H23N3O.2C2HF3O2/c1-13-4-3-5-14(17-13)12-19-15(20)6-7-16(19)8-10-18(2)11-9-16;2*3-2(4,5)1(6)7/h3-5H,6-12H2,1-2H3;2*(H,6,7). The van der Waals surface area contributed by atoms with Crippen molar-refractivity contribution < 1.29 is 50.9 Å². The van der Waals surface area contributed by atoms with E-state index in [2.05, 4.69) is 21.8 Å². The van der Waals surface area contributed by atoms with Crippen LogP contribution in [-0.2, 0) is 20.9 Å². The van der Waals surface area contributed by atoms with Crippen LogP contribution < -0.4 is 0 Å². The Labute approximate surface area is 191 Å². The fourth-order valence-corrected chi connectivity index (χ4v) is 3.53. The fourth-order valence-electron chi connectivity index (χ4n) is 3.53. The average Bonchev–Trinajstić information content (AvgIpc) is 3.00. The quantitative estimate of drug-likeness (QED) is 0.599. The van der Waals surface area contributed by atoms with Crippen molar-refractivity contribution in [1.82, 2.24) is 14.8 Å². The van der Waals surface area contributed by atoms with Crippen LogP contribution in [0.4, 0.5) is 26.3 Å². The molecule has 34 heavy (non-hydrogen) atoms. The Morgan fingerprint density at radius 1 is 1.00 bits per heavy atom. The van der Waals surface area contributed by atoms with Crippen LogP contribution in [-0.4, -0.2) is 80.9 Å². The molecule has 1 spiro atoms. The lowest BCUT2D eigenvalue weighted by Gasteiger charge is -2.44. The summed E-state index contributed by atoms with van der Waals surface area (Å²) in [5, 5.41) is 14.2. The van der Waals surface area contributed by atoms with Crippen LogP contribution in [0.1, 0.15) is 37.1 Å². The number of hydrogen-bond acceptors (Lipinski definition) is 5. The molecule has 0 radical (unpaired) electrons. The third kappa shape index (κ3) is 8.80. The number of hydrogen-bond donors (Lipinski definition) is 2. The Kier molecular flexibility index (Phi) is 9.84. The minimum Gasteiger partial charge on any atom is -0.475 e. The van der Waals surface area contributed by atoms with E-state index in [1.54, 1.807) is 0 Å². The Morgan fingerprint density at radius 2 is 1.47 bits per heavy atom. The first-order valence-corrected chi connectivity index (χ1v) is 10.00. The van der Waals surface area contributed by atoms with Gasteiger partial charge in [-0.2, -0.15) is 26.3 Å². The molecule has 192 valence electrons. The number of likely N-dealkylation sites (tertiary alicyclic amines) is 2. The van der Waals surface area contributed by atoms with Gasteiger partial charge in [0.2, 0.25) is 5.91 Å². The summed E-state index contributed by atoms with van der Waals surface area (Å²) in [5.74, 6) is -5.21. The predicted molar refractivity (Wildman–Crippen MR) is 106 cm³/mol. The van der Waals surface area contributed by atoms with Gasteiger partial charge in [0, 0.05) is 30.7 Å². The highest BCUT2D eigenvalue weighted by molar-refractivity contribution is 5.79. The number of carboxylic acids is 2. The van der Waals surface area contributed by atoms with Crippen LogP contribution in [0.2, 0.25) is 0 Å². The van der Waals surface area contributed by atoms with Gasteiger partial charge in [-0.05, 0) is 45.4 Å². The largest absolute Gasteiger partial charge is 0.490 e. The monoisotopic (exact) mass is 501 g/mol. The first-order chi connectivity index (χ1) is 15.5. The summed E-state index contributed by atoms with van der Waals surface area (Å²) in [7, 11) is 2.16. The number of carbonyl (C=O) groups is 3. The highest BCUT2D eigenvalue weighted by Gasteiger charge is 2.46. The molecule has 2 saturated heterocycles. The number of nitrogens with zero attached hydrogens (tertiary/aromatic N) is 3. The molecule has 0 aromatic carbocycles. The fraction of sp³-hybridized carbons (Fsp3) is 0.600. The van der Waals surface area contributed by atoms with Crippen LogP contribution in [0.5, 0.6) is 0 Å². The summed E-state index contributed by atoms with van der Waals surface area (Å²) >= 11 is 0. The summed E-state index contributed by atoms with van der Waals surface area (Å²) in [5.41, 5.74) is 2.12. The van der Waals surface area contributed by atoms with Crippen molar-refractivity contribution in [1.29, 1.82) is 0 Å². The molecular formula is C20H25F6N3O5. The van der Waals surface area contributed by atoms with Crippen molar-refractivity contribution >= 4 is 17.8 Å². The zero-order chi connectivity index (χ0) is 26.3. The normalized spacial score (nSPS) is 18.0. The molecule has 1 aromatic rings. The van der Waals surface area contributed by atoms with Crippen LogP contribution in [0.3, 0.4) is 0 Å². The van der Waals surface area contributed by atoms with Gasteiger partial charge in [0.15, 0.2) is 0 Å². The lowest BCUT2D eigenvalue weighted by molar-refractivity contribution is -0.193. The number of aryl methyl sites for hydroxylation is 1. The molecular weight excluding hydrogens is 476 g/mol. The van der Waals surface area contributed by atoms with Gasteiger partial charge in [-0.15, -0.1) is 0 Å². The van der Waals surface area contributed by atoms with E-state index in [4.69, 9.17) is 19.8 Å². The molecule has 14 heteroatoms. The van der Waals surface area contributed by atoms with Gasteiger partial charge in [-0.25, -0.2) is 9.59 Å². The molecule has 1 amide bonds. The number of alkyl halides is 6. The van der Waals surface area contributed by atoms with E-state index < -0.39 is 24.3 Å². The molecule has 3 rings (SSSR count). The maximum absolute atomic E-state index is 12.3. The van der Waals surface area contributed by atoms with E-state index in [0.717, 1.165) is 43.7 Å². The Hall–Kier alpha value is -2.90. The van der Waals surface area contributed by atoms with Crippen molar-refractivity contribution in [2.24, 2.45) is 0 Å². The topological polar surface area (TPSA) is 111 Å². The highest BCUT2D eigenvalue weighted by atomic mass is 19.4. The first-order valence-electron chi connectivity index (χ1n) is 10.00. The van der Waals surface area contributed by atoms with Crippen molar-refractivity contribution in [3.63, 3.8) is 0 Å². The van der Waals surface area contributed by atoms with Crippen LogP contribution >= 0.6 is 0 Å². The maximum atomic E-state index is 12.3. The van der Waals surface area contributed by atoms with E-state index in [1.807, 2.05) is 25.1 Å². The average molecular weight is 501 g/mol. The Morgan fingerprint density at radius 3 is 1.88 bits per heavy atom. The molecule has 0 aliphatic carbocycles. The number of carbonyl (C=O) groups excluding carboxylic acids is 1. The lowest BCUT2D eigenvalue weighted by Crippen LogP contribution is -2.52. The van der Waals surface area contributed by atoms with Crippen LogP contribution in [0.25, 0.3) is 0 Å². The molecule has 0 saturated carbocycles. The SMILES string of the molecule is Cc1cccc(CN2C(=O)CCC23CCN(C)CC3)n1.O=C(O)C(F)(F)F.O=C(O)C(F)(F)F. The van der Waals surface area contributed by atoms with Gasteiger partial charge in [0.05, 0.1) is 12.2 Å². The van der Waals surface area contributed by atoms with E-state index in [0.29, 0.717) is 18.9 Å². The van der Waals surface area contributed by atoms with E-state index in [1.165, 1.54) is 0 Å². The predicted octanol–water partition coefficient (Wildman–Crippen LogP) is 3.24. The minimum atomic E-state index is -5.08. The molecule has 2 aliphatic rings. The second-order valence-electron chi connectivity index (χ2n) is 7.88. The van der Waals surface area contributed by atoms with Gasteiger partial charge in [0.25, 0.3) is 0 Å². The summed E-state index contributed by atoms with van der Waals surface area (Å²) in [4.78, 5) is 39.1. The summed E-state index contributed by atoms with van der Waals surface area (Å²) in [6.45, 7) is 4.85. The third-order valence-electron chi connectivity index (χ3n) is 5.35. The van der Waals surface area contributed by atoms with Crippen LogP contribution in [0.15, 0.2) is 18.2 Å². The van der Waals surface area contributed by atoms with Crippen molar-refractivity contribution in [2.75, 3.05) is 20.1 Å². The molecule has 0 atom stereocenters. The molecule has 8 nitrogen and oxygen atoms in total. The number of pyridine rings is 1. The Balaban J connectivity index is 0.000000343. The zero-order valence-electron chi connectivity index (χ0n) is 18.4. The van der Waals surface area contributed by atoms with Crippen LogP contribution in [0, 0.1) is 6.92 Å². The molecule has 1 aromatic heterocycles. The highest BCUT2D eigenvalue weighted by Crippen LogP contribution is 2.39. The summed E-state index contributed by atoms with van der Waals surface area (Å²) in [6, 6.07) is 6.06. The summed E-state index contributed by atoms with van der Waals surface area (Å²) < 4.78 is 63.5. The van der Waals surface area contributed by atoms with E-state index >= 15 is 0 Å². The molecule has 2 fully saturated rings. The smallest absolute Gasteiger partial charge is 0.475 e. The lowest BCUT2D eigenvalue weighted by atomic mass is 9.85. The molecule has 0 unspecified atom stereocenters. The van der Waals surface area contributed by atoms with E-state index in [9.17, 15) is 31.1 Å². The second-order valence-corrected chi connectivity index (χ2v) is 7.88. The zero-order valence-corrected chi connectivity index (χ0v) is 18.4. The van der Waals surface area contributed by atoms with Gasteiger partial charge < -0.3 is 20.0 Å². The number of amides is 1. The number of aromatic nitrogens is 1. The van der Waals surface area contributed by atoms with Gasteiger partial charge in [-0.1, -0.05) is 6.07 Å². The second kappa shape index (κ2) is 11.5. The van der Waals surface area contributed by atoms with Gasteiger partial charge in [-0.3, -0.25) is 9.78 Å². The third-order valence-corrected chi connectivity index (χ3v) is 5.35. The maximum Gasteiger partial charge on any atom is 0.490 e. The molecule has 2 N–H and O–H groups in total. The Bertz CT molecular complexity index is 843. The molecule has 0 bridgehead atoms. The molecule has 2 aliphatic heterocycles. The number of halogens is 6. The first kappa shape index (κ1) is 29.1. The van der Waals surface area contributed by atoms with Crippen molar-refractivity contribution in [3.8, 4) is 0 Å². The van der Waals surface area contributed by atoms with Gasteiger partial charge >= 0.3 is 24.3 Å². The number of carboxylic acid groups (broad SMARTS) is 2. The minimum absolute atomic E-state index is 0.0923. The molecule has 3 heterocycles. The summed E-state index contributed by atoms with van der Waals surface area (Å²) in [6.07, 6.45) is -6.25. The van der Waals surface area contributed by atoms with Crippen molar-refractivity contribution in [3.05, 3.63) is 29.6 Å². The van der Waals surface area contributed by atoms with E-state index in [-0.39, 0.29) is 5.54 Å². The number of rotatable bonds is 2.